The molecule has 1 aliphatic rings. The number of benzene rings is 3. The summed E-state index contributed by atoms with van der Waals surface area (Å²) in [4.78, 5) is 28.3. The van der Waals surface area contributed by atoms with Crippen LogP contribution in [0.5, 0.6) is 5.75 Å². The molecule has 1 aliphatic heterocycles. The number of carbonyl (C=O) groups excluding carboxylic acids is 2. The van der Waals surface area contributed by atoms with E-state index in [1.54, 1.807) is 36.4 Å². The summed E-state index contributed by atoms with van der Waals surface area (Å²) >= 11 is 6.28. The molecule has 0 bridgehead atoms. The summed E-state index contributed by atoms with van der Waals surface area (Å²) < 4.78 is 5.69. The van der Waals surface area contributed by atoms with E-state index < -0.39 is 5.91 Å². The highest BCUT2D eigenvalue weighted by Crippen LogP contribution is 2.35. The van der Waals surface area contributed by atoms with E-state index in [1.807, 2.05) is 58.0 Å². The third-order valence-electron chi connectivity index (χ3n) is 5.42. The highest BCUT2D eigenvalue weighted by molar-refractivity contribution is 6.46. The van der Waals surface area contributed by atoms with Crippen LogP contribution in [0.4, 0.5) is 11.4 Å². The van der Waals surface area contributed by atoms with Crippen molar-refractivity contribution in [2.45, 2.75) is 33.8 Å². The van der Waals surface area contributed by atoms with Crippen molar-refractivity contribution in [2.24, 2.45) is 0 Å². The van der Waals surface area contributed by atoms with Crippen molar-refractivity contribution in [3.05, 3.63) is 94.1 Å². The number of nitrogens with one attached hydrogen (secondary N) is 1. The molecule has 0 fully saturated rings. The second kappa shape index (κ2) is 9.12. The van der Waals surface area contributed by atoms with E-state index in [0.29, 0.717) is 33.3 Å². The topological polar surface area (TPSA) is 58.6 Å². The molecule has 3 aromatic carbocycles. The predicted molar refractivity (Wildman–Crippen MR) is 133 cm³/mol. The van der Waals surface area contributed by atoms with Gasteiger partial charge in [0.2, 0.25) is 0 Å². The van der Waals surface area contributed by atoms with Gasteiger partial charge in [0.15, 0.2) is 0 Å². The first-order valence-electron chi connectivity index (χ1n) is 10.7. The van der Waals surface area contributed by atoms with Crippen LogP contribution in [0.1, 0.15) is 30.5 Å². The van der Waals surface area contributed by atoms with E-state index in [1.165, 1.54) is 4.90 Å². The molecule has 5 nitrogen and oxygen atoms in total. The third-order valence-corrected chi connectivity index (χ3v) is 5.83. The van der Waals surface area contributed by atoms with Crippen molar-refractivity contribution in [1.82, 2.24) is 0 Å². The smallest absolute Gasteiger partial charge is 0.282 e. The molecule has 33 heavy (non-hydrogen) atoms. The van der Waals surface area contributed by atoms with E-state index in [4.69, 9.17) is 16.3 Å². The second-order valence-corrected chi connectivity index (χ2v) is 8.67. The molecule has 0 aliphatic carbocycles. The van der Waals surface area contributed by atoms with Gasteiger partial charge in [-0.15, -0.1) is 0 Å². The molecule has 0 saturated heterocycles. The van der Waals surface area contributed by atoms with Crippen LogP contribution in [0.2, 0.25) is 5.02 Å². The van der Waals surface area contributed by atoms with E-state index >= 15 is 0 Å². The fourth-order valence-corrected chi connectivity index (χ4v) is 3.87. The van der Waals surface area contributed by atoms with Crippen LogP contribution in [-0.2, 0) is 9.59 Å². The van der Waals surface area contributed by atoms with Crippen molar-refractivity contribution in [1.29, 1.82) is 0 Å². The standard InChI is InChI=1S/C27H25ClN2O3/c1-16(2)33-21-14-12-20(13-15-21)30-26(31)24(19-10-8-17(3)9-11-19)25(27(30)32)29-23-7-5-6-22(28)18(23)4/h5-16,29H,1-4H3. The zero-order valence-electron chi connectivity index (χ0n) is 19.0. The van der Waals surface area contributed by atoms with Gasteiger partial charge in [-0.2, -0.15) is 0 Å². The third kappa shape index (κ3) is 4.50. The molecule has 0 saturated carbocycles. The lowest BCUT2D eigenvalue weighted by molar-refractivity contribution is -0.120. The summed E-state index contributed by atoms with van der Waals surface area (Å²) in [5.74, 6) is -0.136. The van der Waals surface area contributed by atoms with Crippen molar-refractivity contribution in [3.63, 3.8) is 0 Å². The molecule has 2 amide bonds. The quantitative estimate of drug-likeness (QED) is 0.449. The summed E-state index contributed by atoms with van der Waals surface area (Å²) in [7, 11) is 0. The molecule has 0 atom stereocenters. The van der Waals surface area contributed by atoms with Gasteiger partial charge >= 0.3 is 0 Å². The number of aryl methyl sites for hydroxylation is 1. The Labute approximate surface area is 198 Å². The Balaban J connectivity index is 1.77. The molecule has 3 aromatic rings. The number of halogens is 1. The lowest BCUT2D eigenvalue weighted by Crippen LogP contribution is -2.32. The molecule has 1 N–H and O–H groups in total. The lowest BCUT2D eigenvalue weighted by atomic mass is 10.0. The number of nitrogens with zero attached hydrogens (tertiary/aromatic N) is 1. The van der Waals surface area contributed by atoms with Crippen LogP contribution >= 0.6 is 11.6 Å². The van der Waals surface area contributed by atoms with Crippen LogP contribution in [0.3, 0.4) is 0 Å². The SMILES string of the molecule is Cc1ccc(C2=C(Nc3cccc(Cl)c3C)C(=O)N(c3ccc(OC(C)C)cc3)C2=O)cc1. The lowest BCUT2D eigenvalue weighted by Gasteiger charge is -2.17. The fourth-order valence-electron chi connectivity index (χ4n) is 3.69. The zero-order chi connectivity index (χ0) is 23.7. The number of anilines is 2. The largest absolute Gasteiger partial charge is 0.491 e. The van der Waals surface area contributed by atoms with Crippen molar-refractivity contribution in [2.75, 3.05) is 10.2 Å². The minimum Gasteiger partial charge on any atom is -0.491 e. The van der Waals surface area contributed by atoms with Crippen LogP contribution in [-0.4, -0.2) is 17.9 Å². The molecule has 0 aromatic heterocycles. The first-order chi connectivity index (χ1) is 15.8. The number of amides is 2. The Kier molecular flexibility index (Phi) is 6.25. The van der Waals surface area contributed by atoms with E-state index in [0.717, 1.165) is 11.1 Å². The van der Waals surface area contributed by atoms with Gasteiger partial charge in [0.25, 0.3) is 11.8 Å². The number of imide groups is 1. The Hall–Kier alpha value is -3.57. The van der Waals surface area contributed by atoms with Gasteiger partial charge in [-0.1, -0.05) is 47.5 Å². The summed E-state index contributed by atoms with van der Waals surface area (Å²) in [5.41, 5.74) is 4.22. The number of hydrogen-bond acceptors (Lipinski definition) is 4. The van der Waals surface area contributed by atoms with Gasteiger partial charge in [-0.05, 0) is 75.2 Å². The maximum absolute atomic E-state index is 13.6. The van der Waals surface area contributed by atoms with E-state index in [-0.39, 0.29) is 17.7 Å². The van der Waals surface area contributed by atoms with Crippen molar-refractivity contribution >= 4 is 40.4 Å². The van der Waals surface area contributed by atoms with Gasteiger partial charge < -0.3 is 10.1 Å². The van der Waals surface area contributed by atoms with Gasteiger partial charge in [0.05, 0.1) is 17.4 Å². The van der Waals surface area contributed by atoms with Crippen LogP contribution < -0.4 is 15.0 Å². The normalized spacial score (nSPS) is 13.8. The number of hydrogen-bond donors (Lipinski definition) is 1. The molecule has 4 rings (SSSR count). The van der Waals surface area contributed by atoms with Gasteiger partial charge in [-0.3, -0.25) is 9.59 Å². The summed E-state index contributed by atoms with van der Waals surface area (Å²) in [5, 5.41) is 3.76. The molecule has 1 heterocycles. The molecule has 168 valence electrons. The highest BCUT2D eigenvalue weighted by Gasteiger charge is 2.40. The Bertz CT molecular complexity index is 1250. The average molecular weight is 461 g/mol. The van der Waals surface area contributed by atoms with Gasteiger partial charge in [0, 0.05) is 10.7 Å². The van der Waals surface area contributed by atoms with E-state index in [9.17, 15) is 9.59 Å². The molecular weight excluding hydrogens is 436 g/mol. The Morgan fingerprint density at radius 1 is 0.879 bits per heavy atom. The molecular formula is C27H25ClN2O3. The average Bonchev–Trinajstić information content (AvgIpc) is 3.02. The van der Waals surface area contributed by atoms with Crippen molar-refractivity contribution < 1.29 is 14.3 Å². The van der Waals surface area contributed by atoms with Crippen LogP contribution in [0, 0.1) is 13.8 Å². The van der Waals surface area contributed by atoms with Crippen molar-refractivity contribution in [3.8, 4) is 5.75 Å². The predicted octanol–water partition coefficient (Wildman–Crippen LogP) is 6.14. The van der Waals surface area contributed by atoms with E-state index in [2.05, 4.69) is 5.32 Å². The first-order valence-corrected chi connectivity index (χ1v) is 11.1. The molecule has 0 radical (unpaired) electrons. The monoisotopic (exact) mass is 460 g/mol. The van der Waals surface area contributed by atoms with Crippen LogP contribution in [0.15, 0.2) is 72.4 Å². The Morgan fingerprint density at radius 2 is 1.55 bits per heavy atom. The minimum atomic E-state index is -0.424. The molecule has 0 spiro atoms. The number of rotatable bonds is 6. The zero-order valence-corrected chi connectivity index (χ0v) is 19.7. The highest BCUT2D eigenvalue weighted by atomic mass is 35.5. The minimum absolute atomic E-state index is 0.0254. The fraction of sp³-hybridized carbons (Fsp3) is 0.185. The van der Waals surface area contributed by atoms with Gasteiger partial charge in [-0.25, -0.2) is 4.90 Å². The van der Waals surface area contributed by atoms with Crippen LogP contribution in [0.25, 0.3) is 5.57 Å². The Morgan fingerprint density at radius 3 is 2.18 bits per heavy atom. The number of ether oxygens (including phenoxy) is 1. The molecule has 0 unspecified atom stereocenters. The van der Waals surface area contributed by atoms with Gasteiger partial charge in [0.1, 0.15) is 11.4 Å². The molecule has 6 heteroatoms. The maximum Gasteiger partial charge on any atom is 0.282 e. The first kappa shape index (κ1) is 22.6. The summed E-state index contributed by atoms with van der Waals surface area (Å²) in [6.45, 7) is 7.72. The maximum atomic E-state index is 13.6. The second-order valence-electron chi connectivity index (χ2n) is 8.26. The summed E-state index contributed by atoms with van der Waals surface area (Å²) in [6.07, 6.45) is 0.0254. The number of carbonyl (C=O) groups is 2. The summed E-state index contributed by atoms with van der Waals surface area (Å²) in [6, 6.07) is 19.9.